The second-order valence-corrected chi connectivity index (χ2v) is 7.32. The van der Waals surface area contributed by atoms with Crippen molar-refractivity contribution in [3.8, 4) is 0 Å². The van der Waals surface area contributed by atoms with Gasteiger partial charge in [0.2, 0.25) is 11.8 Å². The molecule has 5 heteroatoms. The lowest BCUT2D eigenvalue weighted by Crippen LogP contribution is -2.48. The number of hydrogen-bond donors (Lipinski definition) is 3. The van der Waals surface area contributed by atoms with Gasteiger partial charge in [-0.05, 0) is 36.7 Å². The average molecular weight is 363 g/mol. The van der Waals surface area contributed by atoms with Crippen LogP contribution in [-0.2, 0) is 16.0 Å². The van der Waals surface area contributed by atoms with Gasteiger partial charge in [0, 0.05) is 13.2 Å². The van der Waals surface area contributed by atoms with Crippen LogP contribution in [0.15, 0.2) is 30.3 Å². The van der Waals surface area contributed by atoms with Gasteiger partial charge in [0.15, 0.2) is 0 Å². The molecule has 0 aliphatic heterocycles. The molecule has 146 valence electrons. The summed E-state index contributed by atoms with van der Waals surface area (Å²) in [5.41, 5.74) is 0.931. The van der Waals surface area contributed by atoms with E-state index in [-0.39, 0.29) is 30.8 Å². The summed E-state index contributed by atoms with van der Waals surface area (Å²) in [6.07, 6.45) is 3.34. The number of benzene rings is 1. The summed E-state index contributed by atoms with van der Waals surface area (Å²) in [7, 11) is 0. The van der Waals surface area contributed by atoms with E-state index in [0.717, 1.165) is 18.4 Å². The third-order valence-electron chi connectivity index (χ3n) is 4.34. The Labute approximate surface area is 157 Å². The van der Waals surface area contributed by atoms with Crippen molar-refractivity contribution in [1.29, 1.82) is 0 Å². The van der Waals surface area contributed by atoms with Gasteiger partial charge in [0.1, 0.15) is 6.04 Å². The molecular formula is C21H34N2O3. The quantitative estimate of drug-likeness (QED) is 0.535. The highest BCUT2D eigenvalue weighted by Crippen LogP contribution is 2.14. The maximum atomic E-state index is 12.5. The van der Waals surface area contributed by atoms with Gasteiger partial charge in [-0.1, -0.05) is 57.5 Å². The molecule has 0 aliphatic carbocycles. The molecule has 0 saturated heterocycles. The van der Waals surface area contributed by atoms with E-state index in [4.69, 9.17) is 0 Å². The van der Waals surface area contributed by atoms with Gasteiger partial charge in [0.25, 0.3) is 0 Å². The molecule has 0 heterocycles. The van der Waals surface area contributed by atoms with Crippen molar-refractivity contribution < 1.29 is 14.7 Å². The van der Waals surface area contributed by atoms with Crippen molar-refractivity contribution in [2.24, 2.45) is 11.8 Å². The minimum Gasteiger partial charge on any atom is -0.396 e. The van der Waals surface area contributed by atoms with Crippen LogP contribution < -0.4 is 10.6 Å². The molecule has 0 fully saturated rings. The van der Waals surface area contributed by atoms with Crippen molar-refractivity contribution in [1.82, 2.24) is 10.6 Å². The van der Waals surface area contributed by atoms with Gasteiger partial charge in [-0.3, -0.25) is 9.59 Å². The normalized spacial score (nSPS) is 13.3. The van der Waals surface area contributed by atoms with Gasteiger partial charge in [0.05, 0.1) is 6.42 Å². The number of carbonyl (C=O) groups excluding carboxylic acids is 2. The molecule has 1 aromatic rings. The van der Waals surface area contributed by atoms with Crippen LogP contribution in [-0.4, -0.2) is 36.1 Å². The van der Waals surface area contributed by atoms with Crippen LogP contribution in [0.25, 0.3) is 0 Å². The van der Waals surface area contributed by atoms with Crippen molar-refractivity contribution in [2.75, 3.05) is 13.2 Å². The van der Waals surface area contributed by atoms with E-state index in [1.807, 2.05) is 37.3 Å². The first-order chi connectivity index (χ1) is 12.5. The summed E-state index contributed by atoms with van der Waals surface area (Å²) < 4.78 is 0. The van der Waals surface area contributed by atoms with Crippen LogP contribution in [0.2, 0.25) is 0 Å². The summed E-state index contributed by atoms with van der Waals surface area (Å²) in [5, 5.41) is 15.0. The molecule has 0 aliphatic rings. The molecule has 26 heavy (non-hydrogen) atoms. The van der Waals surface area contributed by atoms with E-state index < -0.39 is 6.04 Å². The van der Waals surface area contributed by atoms with E-state index in [1.165, 1.54) is 0 Å². The smallest absolute Gasteiger partial charge is 0.242 e. The lowest BCUT2D eigenvalue weighted by Gasteiger charge is -2.22. The average Bonchev–Trinajstić information content (AvgIpc) is 2.59. The Morgan fingerprint density at radius 1 is 1.12 bits per heavy atom. The Morgan fingerprint density at radius 2 is 1.81 bits per heavy atom. The SMILES string of the molecule is CCC[C@H](NC(=O)Cc1ccccc1)C(=O)NC[C@@H](CCO)CC(C)C. The van der Waals surface area contributed by atoms with Crippen LogP contribution in [0.5, 0.6) is 0 Å². The third kappa shape index (κ3) is 8.99. The van der Waals surface area contributed by atoms with Crippen molar-refractivity contribution in [3.63, 3.8) is 0 Å². The number of rotatable bonds is 12. The number of amides is 2. The predicted molar refractivity (Wildman–Crippen MR) is 105 cm³/mol. The Balaban J connectivity index is 2.55. The number of nitrogens with one attached hydrogen (secondary N) is 2. The number of aliphatic hydroxyl groups excluding tert-OH is 1. The molecule has 5 nitrogen and oxygen atoms in total. The maximum Gasteiger partial charge on any atom is 0.242 e. The lowest BCUT2D eigenvalue weighted by atomic mass is 9.94. The molecule has 0 bridgehead atoms. The fraction of sp³-hybridized carbons (Fsp3) is 0.619. The first-order valence-corrected chi connectivity index (χ1v) is 9.68. The van der Waals surface area contributed by atoms with Gasteiger partial charge < -0.3 is 15.7 Å². The molecule has 3 N–H and O–H groups in total. The predicted octanol–water partition coefficient (Wildman–Crippen LogP) is 2.67. The summed E-state index contributed by atoms with van der Waals surface area (Å²) in [5.74, 6) is 0.491. The zero-order valence-electron chi connectivity index (χ0n) is 16.3. The van der Waals surface area contributed by atoms with E-state index in [0.29, 0.717) is 25.3 Å². The van der Waals surface area contributed by atoms with Gasteiger partial charge in [-0.15, -0.1) is 0 Å². The molecule has 0 aromatic heterocycles. The Morgan fingerprint density at radius 3 is 2.38 bits per heavy atom. The van der Waals surface area contributed by atoms with Crippen LogP contribution in [0.1, 0.15) is 52.0 Å². The summed E-state index contributed by atoms with van der Waals surface area (Å²) in [6, 6.07) is 9.00. The summed E-state index contributed by atoms with van der Waals surface area (Å²) in [4.78, 5) is 24.8. The highest BCUT2D eigenvalue weighted by atomic mass is 16.3. The van der Waals surface area contributed by atoms with Crippen molar-refractivity contribution >= 4 is 11.8 Å². The topological polar surface area (TPSA) is 78.4 Å². The monoisotopic (exact) mass is 362 g/mol. The van der Waals surface area contributed by atoms with Gasteiger partial charge >= 0.3 is 0 Å². The van der Waals surface area contributed by atoms with Gasteiger partial charge in [-0.25, -0.2) is 0 Å². The third-order valence-corrected chi connectivity index (χ3v) is 4.34. The summed E-state index contributed by atoms with van der Waals surface area (Å²) >= 11 is 0. The molecule has 1 aromatic carbocycles. The highest BCUT2D eigenvalue weighted by molar-refractivity contribution is 5.88. The van der Waals surface area contributed by atoms with E-state index in [2.05, 4.69) is 24.5 Å². The Hall–Kier alpha value is -1.88. The van der Waals surface area contributed by atoms with Crippen LogP contribution in [0.3, 0.4) is 0 Å². The number of carbonyl (C=O) groups is 2. The molecule has 0 saturated carbocycles. The summed E-state index contributed by atoms with van der Waals surface area (Å²) in [6.45, 7) is 6.93. The highest BCUT2D eigenvalue weighted by Gasteiger charge is 2.21. The number of hydrogen-bond acceptors (Lipinski definition) is 3. The van der Waals surface area contributed by atoms with Crippen LogP contribution >= 0.6 is 0 Å². The molecule has 0 unspecified atom stereocenters. The zero-order chi connectivity index (χ0) is 19.4. The molecular weight excluding hydrogens is 328 g/mol. The molecule has 2 amide bonds. The second-order valence-electron chi connectivity index (χ2n) is 7.32. The second kappa shape index (κ2) is 12.5. The first kappa shape index (κ1) is 22.2. The molecule has 0 spiro atoms. The largest absolute Gasteiger partial charge is 0.396 e. The number of aliphatic hydroxyl groups is 1. The van der Waals surface area contributed by atoms with E-state index >= 15 is 0 Å². The first-order valence-electron chi connectivity index (χ1n) is 9.68. The fourth-order valence-electron chi connectivity index (χ4n) is 3.10. The minimum absolute atomic E-state index is 0.124. The molecule has 0 radical (unpaired) electrons. The molecule has 1 rings (SSSR count). The maximum absolute atomic E-state index is 12.5. The van der Waals surface area contributed by atoms with Crippen molar-refractivity contribution in [2.45, 2.75) is 58.9 Å². The van der Waals surface area contributed by atoms with E-state index in [1.54, 1.807) is 0 Å². The standard InChI is InChI=1S/C21H34N2O3/c1-4-8-19(23-20(25)14-17-9-6-5-7-10-17)21(26)22-15-18(11-12-24)13-16(2)3/h5-7,9-10,16,18-19,24H,4,8,11-15H2,1-3H3,(H,22,26)(H,23,25)/t18-,19-/m0/s1. The lowest BCUT2D eigenvalue weighted by molar-refractivity contribution is -0.129. The zero-order valence-corrected chi connectivity index (χ0v) is 16.3. The van der Waals surface area contributed by atoms with Crippen molar-refractivity contribution in [3.05, 3.63) is 35.9 Å². The van der Waals surface area contributed by atoms with Crippen LogP contribution in [0, 0.1) is 11.8 Å². The van der Waals surface area contributed by atoms with Gasteiger partial charge in [-0.2, -0.15) is 0 Å². The Bertz CT molecular complexity index is 531. The van der Waals surface area contributed by atoms with Crippen LogP contribution in [0.4, 0.5) is 0 Å². The Kier molecular flexibility index (Phi) is 10.6. The van der Waals surface area contributed by atoms with E-state index in [9.17, 15) is 14.7 Å². The fourth-order valence-corrected chi connectivity index (χ4v) is 3.10. The molecule has 2 atom stereocenters. The minimum atomic E-state index is -0.509.